The van der Waals surface area contributed by atoms with E-state index in [-0.39, 0.29) is 11.7 Å². The Morgan fingerprint density at radius 2 is 1.90 bits per heavy atom. The Morgan fingerprint density at radius 3 is 2.48 bits per heavy atom. The quantitative estimate of drug-likeness (QED) is 0.635. The highest BCUT2D eigenvalue weighted by atomic mass is 79.9. The number of nitro groups is 1. The minimum Gasteiger partial charge on any atom is -0.495 e. The molecule has 0 saturated heterocycles. The van der Waals surface area contributed by atoms with Crippen molar-refractivity contribution >= 4 is 27.3 Å². The van der Waals surface area contributed by atoms with Gasteiger partial charge in [0, 0.05) is 22.6 Å². The third-order valence-corrected chi connectivity index (χ3v) is 3.63. The largest absolute Gasteiger partial charge is 0.495 e. The molecule has 0 amide bonds. The van der Waals surface area contributed by atoms with E-state index in [2.05, 4.69) is 21.2 Å². The number of methoxy groups -OCH3 is 1. The molecule has 0 spiro atoms. The third kappa shape index (κ3) is 3.72. The van der Waals surface area contributed by atoms with Gasteiger partial charge in [-0.1, -0.05) is 28.1 Å². The average Bonchev–Trinajstić information content (AvgIpc) is 2.47. The summed E-state index contributed by atoms with van der Waals surface area (Å²) in [4.78, 5) is 10.3. The fraction of sp³-hybridized carbons (Fsp3) is 0.200. The summed E-state index contributed by atoms with van der Waals surface area (Å²) in [7, 11) is 1.62. The maximum Gasteiger partial charge on any atom is 0.269 e. The van der Waals surface area contributed by atoms with Gasteiger partial charge in [0.2, 0.25) is 0 Å². The van der Waals surface area contributed by atoms with Crippen molar-refractivity contribution in [2.75, 3.05) is 12.4 Å². The van der Waals surface area contributed by atoms with Crippen LogP contribution in [0.2, 0.25) is 0 Å². The molecule has 0 aliphatic heterocycles. The summed E-state index contributed by atoms with van der Waals surface area (Å²) in [6.07, 6.45) is 0. The highest BCUT2D eigenvalue weighted by Gasteiger charge is 2.11. The zero-order valence-corrected chi connectivity index (χ0v) is 13.3. The Hall–Kier alpha value is -2.08. The summed E-state index contributed by atoms with van der Waals surface area (Å²) in [6, 6.07) is 12.2. The molecule has 0 aliphatic carbocycles. The molecule has 0 saturated carbocycles. The van der Waals surface area contributed by atoms with E-state index < -0.39 is 4.92 Å². The molecule has 2 aromatic carbocycles. The first-order valence-electron chi connectivity index (χ1n) is 6.35. The molecule has 1 N–H and O–H groups in total. The molecule has 110 valence electrons. The average molecular weight is 351 g/mol. The van der Waals surface area contributed by atoms with Gasteiger partial charge < -0.3 is 10.1 Å². The molecule has 0 heterocycles. The van der Waals surface area contributed by atoms with Crippen molar-refractivity contribution < 1.29 is 9.66 Å². The smallest absolute Gasteiger partial charge is 0.269 e. The number of anilines is 1. The van der Waals surface area contributed by atoms with Crippen LogP contribution in [-0.4, -0.2) is 12.0 Å². The fourth-order valence-corrected chi connectivity index (χ4v) is 2.36. The van der Waals surface area contributed by atoms with Crippen LogP contribution >= 0.6 is 15.9 Å². The summed E-state index contributed by atoms with van der Waals surface area (Å²) >= 11 is 3.43. The lowest BCUT2D eigenvalue weighted by atomic mass is 10.1. The van der Waals surface area contributed by atoms with Crippen molar-refractivity contribution in [3.63, 3.8) is 0 Å². The van der Waals surface area contributed by atoms with E-state index in [1.807, 2.05) is 25.1 Å². The van der Waals surface area contributed by atoms with E-state index in [1.165, 1.54) is 12.1 Å². The van der Waals surface area contributed by atoms with E-state index >= 15 is 0 Å². The van der Waals surface area contributed by atoms with Crippen molar-refractivity contribution in [2.45, 2.75) is 13.0 Å². The Morgan fingerprint density at radius 1 is 1.24 bits per heavy atom. The predicted molar refractivity (Wildman–Crippen MR) is 85.8 cm³/mol. The standard InChI is InChI=1S/C15H15BrN2O3/c1-10(11-3-6-13(7-4-11)18(19)20)17-14-9-12(16)5-8-15(14)21-2/h3-10,17H,1-2H3. The van der Waals surface area contributed by atoms with Crippen molar-refractivity contribution in [3.8, 4) is 5.75 Å². The molecule has 0 aliphatic rings. The lowest BCUT2D eigenvalue weighted by Crippen LogP contribution is -2.07. The third-order valence-electron chi connectivity index (χ3n) is 3.14. The Bertz CT molecular complexity index is 644. The number of nitrogens with zero attached hydrogens (tertiary/aromatic N) is 1. The van der Waals surface area contributed by atoms with Crippen LogP contribution in [-0.2, 0) is 0 Å². The van der Waals surface area contributed by atoms with Gasteiger partial charge in [-0.05, 0) is 30.7 Å². The first-order valence-corrected chi connectivity index (χ1v) is 7.15. The van der Waals surface area contributed by atoms with Gasteiger partial charge in [-0.2, -0.15) is 0 Å². The van der Waals surface area contributed by atoms with Crippen molar-refractivity contribution in [2.24, 2.45) is 0 Å². The molecule has 5 nitrogen and oxygen atoms in total. The number of benzene rings is 2. The van der Waals surface area contributed by atoms with Crippen LogP contribution in [0.5, 0.6) is 5.75 Å². The second kappa shape index (κ2) is 6.58. The lowest BCUT2D eigenvalue weighted by molar-refractivity contribution is -0.384. The zero-order valence-electron chi connectivity index (χ0n) is 11.7. The molecule has 1 atom stereocenters. The minimum absolute atomic E-state index is 0.00555. The number of hydrogen-bond acceptors (Lipinski definition) is 4. The highest BCUT2D eigenvalue weighted by molar-refractivity contribution is 9.10. The summed E-state index contributed by atoms with van der Waals surface area (Å²) in [6.45, 7) is 1.99. The molecule has 2 aromatic rings. The van der Waals surface area contributed by atoms with Crippen LogP contribution in [0.4, 0.5) is 11.4 Å². The molecule has 0 aromatic heterocycles. The first-order chi connectivity index (χ1) is 10.0. The second-order valence-corrected chi connectivity index (χ2v) is 5.47. The molecule has 0 radical (unpaired) electrons. The number of hydrogen-bond donors (Lipinski definition) is 1. The number of ether oxygens (including phenoxy) is 1. The number of non-ortho nitro benzene ring substituents is 1. The van der Waals surface area contributed by atoms with E-state index in [0.29, 0.717) is 0 Å². The molecule has 0 bridgehead atoms. The fourth-order valence-electron chi connectivity index (χ4n) is 1.99. The minimum atomic E-state index is -0.404. The topological polar surface area (TPSA) is 64.4 Å². The molecule has 2 rings (SSSR count). The zero-order chi connectivity index (χ0) is 15.4. The van der Waals surface area contributed by atoms with Gasteiger partial charge in [-0.15, -0.1) is 0 Å². The van der Waals surface area contributed by atoms with Gasteiger partial charge in [-0.25, -0.2) is 0 Å². The molecule has 21 heavy (non-hydrogen) atoms. The molecular formula is C15H15BrN2O3. The van der Waals surface area contributed by atoms with Crippen LogP contribution in [0, 0.1) is 10.1 Å². The van der Waals surface area contributed by atoms with Crippen molar-refractivity contribution in [1.82, 2.24) is 0 Å². The van der Waals surface area contributed by atoms with Crippen molar-refractivity contribution in [3.05, 3.63) is 62.6 Å². The van der Waals surface area contributed by atoms with Gasteiger partial charge in [0.05, 0.1) is 17.7 Å². The van der Waals surface area contributed by atoms with Gasteiger partial charge in [0.15, 0.2) is 0 Å². The molecule has 0 fully saturated rings. The summed E-state index contributed by atoms with van der Waals surface area (Å²) < 4.78 is 6.26. The monoisotopic (exact) mass is 350 g/mol. The summed E-state index contributed by atoms with van der Waals surface area (Å²) in [5, 5.41) is 14.0. The molecule has 6 heteroatoms. The van der Waals surface area contributed by atoms with E-state index in [9.17, 15) is 10.1 Å². The van der Waals surface area contributed by atoms with E-state index in [1.54, 1.807) is 19.2 Å². The maximum absolute atomic E-state index is 10.7. The molecule has 1 unspecified atom stereocenters. The number of nitro benzene ring substituents is 1. The highest BCUT2D eigenvalue weighted by Crippen LogP contribution is 2.31. The Kier molecular flexibility index (Phi) is 4.80. The normalized spacial score (nSPS) is 11.8. The van der Waals surface area contributed by atoms with E-state index in [0.717, 1.165) is 21.5 Å². The van der Waals surface area contributed by atoms with Crippen LogP contribution in [0.1, 0.15) is 18.5 Å². The SMILES string of the molecule is COc1ccc(Br)cc1NC(C)c1ccc([N+](=O)[O-])cc1. The van der Waals surface area contributed by atoms with Crippen LogP contribution in [0.25, 0.3) is 0 Å². The molecular weight excluding hydrogens is 336 g/mol. The van der Waals surface area contributed by atoms with Crippen LogP contribution in [0.3, 0.4) is 0 Å². The number of nitrogens with one attached hydrogen (secondary N) is 1. The van der Waals surface area contributed by atoms with Crippen LogP contribution in [0.15, 0.2) is 46.9 Å². The van der Waals surface area contributed by atoms with Crippen LogP contribution < -0.4 is 10.1 Å². The summed E-state index contributed by atoms with van der Waals surface area (Å²) in [5.41, 5.74) is 1.91. The first kappa shape index (κ1) is 15.3. The lowest BCUT2D eigenvalue weighted by Gasteiger charge is -2.18. The Balaban J connectivity index is 2.19. The predicted octanol–water partition coefficient (Wildman–Crippen LogP) is 4.54. The van der Waals surface area contributed by atoms with Gasteiger partial charge in [0.1, 0.15) is 5.75 Å². The van der Waals surface area contributed by atoms with Crippen molar-refractivity contribution in [1.29, 1.82) is 0 Å². The number of halogens is 1. The second-order valence-electron chi connectivity index (χ2n) is 4.56. The number of rotatable bonds is 5. The van der Waals surface area contributed by atoms with Gasteiger partial charge >= 0.3 is 0 Å². The van der Waals surface area contributed by atoms with Gasteiger partial charge in [-0.3, -0.25) is 10.1 Å². The Labute approximate surface area is 131 Å². The van der Waals surface area contributed by atoms with Gasteiger partial charge in [0.25, 0.3) is 5.69 Å². The maximum atomic E-state index is 10.7. The van der Waals surface area contributed by atoms with E-state index in [4.69, 9.17) is 4.74 Å². The summed E-state index contributed by atoms with van der Waals surface area (Å²) in [5.74, 6) is 0.743.